The third-order valence-electron chi connectivity index (χ3n) is 6.10. The first-order valence-electron chi connectivity index (χ1n) is 9.18. The number of hydrogen-bond acceptors (Lipinski definition) is 4. The largest absolute Gasteiger partial charge is 0.324 e. The van der Waals surface area contributed by atoms with Crippen molar-refractivity contribution in [1.82, 2.24) is 10.4 Å². The van der Waals surface area contributed by atoms with E-state index in [2.05, 4.69) is 10.8 Å². The fourth-order valence-electron chi connectivity index (χ4n) is 5.10. The molecule has 9 heteroatoms. The van der Waals surface area contributed by atoms with Crippen LogP contribution in [0.25, 0.3) is 0 Å². The number of nitrogens with one attached hydrogen (secondary N) is 2. The van der Waals surface area contributed by atoms with Gasteiger partial charge in [0.25, 0.3) is 5.91 Å². The molecule has 0 aromatic heterocycles. The molecule has 3 aliphatic heterocycles. The number of nitrogens with zero attached hydrogens (tertiary/aromatic N) is 1. The van der Waals surface area contributed by atoms with E-state index in [4.69, 9.17) is 28.0 Å². The van der Waals surface area contributed by atoms with Crippen molar-refractivity contribution in [2.75, 3.05) is 11.9 Å². The third-order valence-corrected chi connectivity index (χ3v) is 6.63. The quantitative estimate of drug-likeness (QED) is 0.758. The number of rotatable bonds is 2. The summed E-state index contributed by atoms with van der Waals surface area (Å²) in [5.41, 5.74) is 2.41. The lowest BCUT2D eigenvalue weighted by Gasteiger charge is -2.38. The van der Waals surface area contributed by atoms with Crippen molar-refractivity contribution in [2.24, 2.45) is 5.92 Å². The van der Waals surface area contributed by atoms with Crippen molar-refractivity contribution < 1.29 is 18.8 Å². The van der Waals surface area contributed by atoms with Gasteiger partial charge in [-0.15, -0.1) is 0 Å². The molecule has 2 N–H and O–H groups in total. The Morgan fingerprint density at radius 2 is 2.03 bits per heavy atom. The van der Waals surface area contributed by atoms with E-state index in [0.717, 1.165) is 0 Å². The highest BCUT2D eigenvalue weighted by Crippen LogP contribution is 2.60. The van der Waals surface area contributed by atoms with E-state index in [9.17, 15) is 9.59 Å². The maximum absolute atomic E-state index is 15.2. The predicted octanol–water partition coefficient (Wildman–Crippen LogP) is 3.40. The number of halogens is 3. The van der Waals surface area contributed by atoms with Gasteiger partial charge in [-0.2, -0.15) is 0 Å². The number of hydroxylamine groups is 1. The van der Waals surface area contributed by atoms with Crippen LogP contribution in [0.4, 0.5) is 10.1 Å². The number of benzene rings is 2. The fourth-order valence-corrected chi connectivity index (χ4v) is 5.45. The molecule has 2 fully saturated rings. The van der Waals surface area contributed by atoms with Crippen molar-refractivity contribution >= 4 is 40.7 Å². The average molecular weight is 436 g/mol. The van der Waals surface area contributed by atoms with Gasteiger partial charge >= 0.3 is 0 Å². The number of carbonyl (C=O) groups excluding carboxylic acids is 2. The van der Waals surface area contributed by atoms with Crippen LogP contribution < -0.4 is 10.8 Å². The number of anilines is 1. The van der Waals surface area contributed by atoms with Gasteiger partial charge in [0, 0.05) is 22.2 Å². The van der Waals surface area contributed by atoms with E-state index in [1.807, 2.05) is 6.92 Å². The summed E-state index contributed by atoms with van der Waals surface area (Å²) in [5, 5.41) is 3.25. The molecule has 2 aromatic rings. The first-order valence-corrected chi connectivity index (χ1v) is 9.94. The molecule has 0 radical (unpaired) electrons. The summed E-state index contributed by atoms with van der Waals surface area (Å²) in [6.45, 7) is 2.26. The molecule has 29 heavy (non-hydrogen) atoms. The molecule has 6 nitrogen and oxygen atoms in total. The number of carbonyl (C=O) groups is 2. The first-order chi connectivity index (χ1) is 13.9. The molecule has 150 valence electrons. The van der Waals surface area contributed by atoms with Gasteiger partial charge in [-0.1, -0.05) is 48.3 Å². The summed E-state index contributed by atoms with van der Waals surface area (Å²) in [6, 6.07) is 9.68. The molecule has 2 aromatic carbocycles. The summed E-state index contributed by atoms with van der Waals surface area (Å²) in [4.78, 5) is 33.6. The van der Waals surface area contributed by atoms with E-state index >= 15 is 4.39 Å². The highest BCUT2D eigenvalue weighted by atomic mass is 35.5. The highest BCUT2D eigenvalue weighted by Gasteiger charge is 2.70. The lowest BCUT2D eigenvalue weighted by molar-refractivity contribution is -0.140. The van der Waals surface area contributed by atoms with Crippen molar-refractivity contribution in [3.8, 4) is 0 Å². The molecule has 0 aliphatic carbocycles. The lowest BCUT2D eigenvalue weighted by atomic mass is 9.71. The smallest absolute Gasteiger partial charge is 0.251 e. The molecule has 0 bridgehead atoms. The summed E-state index contributed by atoms with van der Waals surface area (Å²) >= 11 is 12.2. The normalized spacial score (nSPS) is 30.4. The summed E-state index contributed by atoms with van der Waals surface area (Å²) in [6.07, 6.45) is -0.733. The number of fused-ring (bicyclic) bond motifs is 3. The van der Waals surface area contributed by atoms with Crippen molar-refractivity contribution in [1.29, 1.82) is 0 Å². The minimum absolute atomic E-state index is 0.0711. The van der Waals surface area contributed by atoms with Crippen LogP contribution in [0.5, 0.6) is 0 Å². The second-order valence-corrected chi connectivity index (χ2v) is 8.16. The maximum atomic E-state index is 15.2. The van der Waals surface area contributed by atoms with Crippen LogP contribution in [0.1, 0.15) is 24.0 Å². The lowest BCUT2D eigenvalue weighted by Crippen LogP contribution is -2.53. The van der Waals surface area contributed by atoms with Gasteiger partial charge < -0.3 is 5.32 Å². The number of hydrogen-bond donors (Lipinski definition) is 2. The SMILES string of the molecule is CCN1C2ONC(=O)[C@H]2[C@H](c2cccc(Cl)c2F)[C@]12C(=O)Nc1cc(Cl)ccc12. The number of amides is 2. The van der Waals surface area contributed by atoms with Crippen LogP contribution in [0.15, 0.2) is 36.4 Å². The van der Waals surface area contributed by atoms with E-state index in [1.54, 1.807) is 35.2 Å². The Labute approximate surface area is 175 Å². The molecule has 1 spiro atoms. The fraction of sp³-hybridized carbons (Fsp3) is 0.300. The standard InChI is InChI=1S/C20H16Cl2FN3O3/c1-2-26-18-14(17(27)25-29-18)15(10-4-3-5-12(22)16(10)23)20(26)11-7-6-9(21)8-13(11)24-19(20)28/h3-8,14-15,18H,2H2,1H3,(H,24,28)(H,25,27)/t14-,15+,18?,20-/m1/s1. The summed E-state index contributed by atoms with van der Waals surface area (Å²) in [7, 11) is 0. The van der Waals surface area contributed by atoms with E-state index < -0.39 is 35.3 Å². The van der Waals surface area contributed by atoms with Gasteiger partial charge in [0.2, 0.25) is 5.91 Å². The first kappa shape index (κ1) is 18.8. The zero-order valence-corrected chi connectivity index (χ0v) is 16.7. The second kappa shape index (κ2) is 6.40. The zero-order chi connectivity index (χ0) is 20.5. The van der Waals surface area contributed by atoms with Crippen LogP contribution in [0, 0.1) is 11.7 Å². The van der Waals surface area contributed by atoms with Gasteiger partial charge in [0.15, 0.2) is 6.23 Å². The monoisotopic (exact) mass is 435 g/mol. The van der Waals surface area contributed by atoms with Gasteiger partial charge in [-0.25, -0.2) is 9.87 Å². The molecular weight excluding hydrogens is 420 g/mol. The van der Waals surface area contributed by atoms with Crippen LogP contribution in [-0.4, -0.2) is 29.5 Å². The predicted molar refractivity (Wildman–Crippen MR) is 105 cm³/mol. The average Bonchev–Trinajstić information content (AvgIpc) is 3.29. The van der Waals surface area contributed by atoms with Crippen molar-refractivity contribution in [2.45, 2.75) is 24.6 Å². The van der Waals surface area contributed by atoms with Crippen molar-refractivity contribution in [3.63, 3.8) is 0 Å². The Bertz CT molecular complexity index is 1070. The molecule has 3 heterocycles. The van der Waals surface area contributed by atoms with Crippen LogP contribution >= 0.6 is 23.2 Å². The molecular formula is C20H16Cl2FN3O3. The summed E-state index contributed by atoms with van der Waals surface area (Å²) in [5.74, 6) is -3.05. The van der Waals surface area contributed by atoms with Crippen LogP contribution in [0.2, 0.25) is 10.0 Å². The van der Waals surface area contributed by atoms with Gasteiger partial charge in [0.05, 0.1) is 10.9 Å². The highest BCUT2D eigenvalue weighted by molar-refractivity contribution is 6.31. The molecule has 0 saturated carbocycles. The van der Waals surface area contributed by atoms with Crippen molar-refractivity contribution in [3.05, 3.63) is 63.4 Å². The third kappa shape index (κ3) is 2.30. The van der Waals surface area contributed by atoms with Gasteiger partial charge in [0.1, 0.15) is 11.4 Å². The Hall–Kier alpha value is -2.19. The molecule has 2 saturated heterocycles. The Balaban J connectivity index is 1.84. The zero-order valence-electron chi connectivity index (χ0n) is 15.2. The topological polar surface area (TPSA) is 70.7 Å². The van der Waals surface area contributed by atoms with Gasteiger partial charge in [-0.3, -0.25) is 19.3 Å². The minimum Gasteiger partial charge on any atom is -0.324 e. The number of likely N-dealkylation sites (N-methyl/N-ethyl adjacent to an activating group) is 1. The van der Waals surface area contributed by atoms with Gasteiger partial charge in [-0.05, 0) is 30.3 Å². The van der Waals surface area contributed by atoms with E-state index in [1.165, 1.54) is 6.07 Å². The van der Waals surface area contributed by atoms with E-state index in [0.29, 0.717) is 22.8 Å². The Morgan fingerprint density at radius 3 is 2.79 bits per heavy atom. The second-order valence-electron chi connectivity index (χ2n) is 7.32. The van der Waals surface area contributed by atoms with Crippen LogP contribution in [-0.2, 0) is 20.0 Å². The molecule has 3 aliphatic rings. The molecule has 2 amide bonds. The molecule has 1 unspecified atom stereocenters. The minimum atomic E-state index is -1.34. The van der Waals surface area contributed by atoms with Crippen LogP contribution in [0.3, 0.4) is 0 Å². The maximum Gasteiger partial charge on any atom is 0.251 e. The Kier molecular flexibility index (Phi) is 4.15. The number of likely N-dealkylation sites (tertiary alicyclic amines) is 1. The molecule has 5 rings (SSSR count). The summed E-state index contributed by atoms with van der Waals surface area (Å²) < 4.78 is 15.2. The Morgan fingerprint density at radius 1 is 1.24 bits per heavy atom. The molecule has 4 atom stereocenters. The van der Waals surface area contributed by atoms with E-state index in [-0.39, 0.29) is 16.5 Å².